The van der Waals surface area contributed by atoms with Crippen molar-refractivity contribution in [3.05, 3.63) is 28.3 Å². The fourth-order valence-corrected chi connectivity index (χ4v) is 4.29. The molecule has 0 aromatic carbocycles. The lowest BCUT2D eigenvalue weighted by molar-refractivity contribution is -0.0754. The Morgan fingerprint density at radius 1 is 1.43 bits per heavy atom. The summed E-state index contributed by atoms with van der Waals surface area (Å²) in [5.41, 5.74) is 2.56. The van der Waals surface area contributed by atoms with Crippen LogP contribution in [0.4, 0.5) is 0 Å². The lowest BCUT2D eigenvalue weighted by Gasteiger charge is -2.43. The van der Waals surface area contributed by atoms with Crippen molar-refractivity contribution in [2.24, 2.45) is 0 Å². The molecule has 0 bridgehead atoms. The fraction of sp³-hybridized carbons (Fsp3) is 0.529. The van der Waals surface area contributed by atoms with E-state index in [1.165, 1.54) is 12.8 Å². The molecule has 5 nitrogen and oxygen atoms in total. The largest absolute Gasteiger partial charge is 0.374 e. The van der Waals surface area contributed by atoms with Crippen molar-refractivity contribution >= 4 is 17.2 Å². The van der Waals surface area contributed by atoms with Gasteiger partial charge >= 0.3 is 0 Å². The molecule has 1 amide bonds. The molecule has 6 heteroatoms. The van der Waals surface area contributed by atoms with Crippen LogP contribution in [0, 0.1) is 6.92 Å². The maximum Gasteiger partial charge on any atom is 0.270 e. The van der Waals surface area contributed by atoms with Crippen LogP contribution in [0.15, 0.2) is 17.6 Å². The first-order chi connectivity index (χ1) is 11.2. The number of thiazole rings is 1. The highest BCUT2D eigenvalue weighted by Crippen LogP contribution is 2.30. The highest BCUT2D eigenvalue weighted by Gasteiger charge is 2.37. The average Bonchev–Trinajstić information content (AvgIpc) is 3.22. The summed E-state index contributed by atoms with van der Waals surface area (Å²) >= 11 is 1.62. The Bertz CT molecular complexity index is 706. The van der Waals surface area contributed by atoms with Crippen LogP contribution in [0.2, 0.25) is 0 Å². The molecule has 2 aromatic rings. The monoisotopic (exact) mass is 331 g/mol. The van der Waals surface area contributed by atoms with Crippen LogP contribution in [0.25, 0.3) is 11.3 Å². The molecule has 0 spiro atoms. The van der Waals surface area contributed by atoms with E-state index in [4.69, 9.17) is 4.74 Å². The van der Waals surface area contributed by atoms with Crippen LogP contribution in [0.1, 0.15) is 41.2 Å². The van der Waals surface area contributed by atoms with Gasteiger partial charge in [-0.2, -0.15) is 0 Å². The number of aryl methyl sites for hydroxylation is 1. The molecule has 2 aliphatic rings. The third-order valence-corrected chi connectivity index (χ3v) is 5.59. The van der Waals surface area contributed by atoms with E-state index in [0.29, 0.717) is 18.8 Å². The number of hydrogen-bond donors (Lipinski definition) is 1. The minimum Gasteiger partial charge on any atom is -0.374 e. The average molecular weight is 331 g/mol. The topological polar surface area (TPSA) is 58.2 Å². The summed E-state index contributed by atoms with van der Waals surface area (Å²) in [6, 6.07) is 2.16. The minimum absolute atomic E-state index is 0.0865. The van der Waals surface area contributed by atoms with Crippen LogP contribution >= 0.6 is 11.3 Å². The smallest absolute Gasteiger partial charge is 0.270 e. The normalized spacial score (nSPS) is 24.5. The zero-order valence-electron chi connectivity index (χ0n) is 13.2. The number of amides is 1. The van der Waals surface area contributed by atoms with Crippen LogP contribution in [0.5, 0.6) is 0 Å². The third kappa shape index (κ3) is 2.81. The molecule has 2 atom stereocenters. The number of carbonyl (C=O) groups excluding carboxylic acids is 1. The molecular formula is C17H21N3O2S. The Labute approximate surface area is 139 Å². The fourth-order valence-electron chi connectivity index (χ4n) is 3.67. The zero-order chi connectivity index (χ0) is 15.8. The highest BCUT2D eigenvalue weighted by atomic mass is 32.1. The first-order valence-corrected chi connectivity index (χ1v) is 9.14. The number of nitrogens with zero attached hydrogens (tertiary/aromatic N) is 2. The molecule has 1 saturated carbocycles. The van der Waals surface area contributed by atoms with Crippen molar-refractivity contribution in [3.63, 3.8) is 0 Å². The number of fused-ring (bicyclic) bond motifs is 1. The number of carbonyl (C=O) groups is 1. The van der Waals surface area contributed by atoms with Crippen LogP contribution < -0.4 is 0 Å². The summed E-state index contributed by atoms with van der Waals surface area (Å²) in [4.78, 5) is 22.6. The zero-order valence-corrected chi connectivity index (χ0v) is 14.1. The quantitative estimate of drug-likeness (QED) is 0.919. The molecule has 1 aliphatic heterocycles. The summed E-state index contributed by atoms with van der Waals surface area (Å²) in [5, 5.41) is 3.06. The number of H-pyrrole nitrogens is 1. The van der Waals surface area contributed by atoms with Gasteiger partial charge in [0.25, 0.3) is 5.91 Å². The van der Waals surface area contributed by atoms with Gasteiger partial charge in [0.2, 0.25) is 0 Å². The molecule has 3 heterocycles. The first-order valence-electron chi connectivity index (χ1n) is 8.26. The van der Waals surface area contributed by atoms with Crippen molar-refractivity contribution in [2.45, 2.75) is 44.8 Å². The van der Waals surface area contributed by atoms with Gasteiger partial charge in [-0.1, -0.05) is 12.8 Å². The predicted molar refractivity (Wildman–Crippen MR) is 89.7 cm³/mol. The van der Waals surface area contributed by atoms with E-state index in [0.717, 1.165) is 29.1 Å². The maximum absolute atomic E-state index is 12.9. The van der Waals surface area contributed by atoms with Gasteiger partial charge in [0.1, 0.15) is 5.69 Å². The maximum atomic E-state index is 12.9. The van der Waals surface area contributed by atoms with E-state index in [1.54, 1.807) is 11.3 Å². The Kier molecular flexibility index (Phi) is 3.95. The van der Waals surface area contributed by atoms with E-state index in [2.05, 4.69) is 9.97 Å². The van der Waals surface area contributed by atoms with E-state index < -0.39 is 0 Å². The molecule has 1 N–H and O–H groups in total. The van der Waals surface area contributed by atoms with Gasteiger partial charge in [0.05, 0.1) is 29.5 Å². The number of hydrogen-bond acceptors (Lipinski definition) is 4. The molecule has 1 saturated heterocycles. The van der Waals surface area contributed by atoms with Crippen LogP contribution in [0.3, 0.4) is 0 Å². The summed E-state index contributed by atoms with van der Waals surface area (Å²) in [7, 11) is 0. The van der Waals surface area contributed by atoms with Gasteiger partial charge in [-0.25, -0.2) is 4.98 Å². The summed E-state index contributed by atoms with van der Waals surface area (Å²) in [6.07, 6.45) is 6.61. The first kappa shape index (κ1) is 14.9. The standard InChI is InChI=1S/C17H21N3O2S/c1-11-19-14(10-23-11)12-8-13(18-9-12)17(21)20-6-7-22-16-5-3-2-4-15(16)20/h8-10,15-16,18H,2-7H2,1H3/t15-,16+/m1/s1. The molecule has 2 fully saturated rings. The number of aromatic nitrogens is 2. The summed E-state index contributed by atoms with van der Waals surface area (Å²) < 4.78 is 5.86. The second-order valence-corrected chi connectivity index (χ2v) is 7.38. The van der Waals surface area contributed by atoms with Gasteiger partial charge in [0.15, 0.2) is 0 Å². The SMILES string of the molecule is Cc1nc(-c2c[nH]c(C(=O)N3CCO[C@H]4CCCC[C@H]43)c2)cs1. The Balaban J connectivity index is 1.55. The van der Waals surface area contributed by atoms with E-state index in [-0.39, 0.29) is 18.1 Å². The molecular weight excluding hydrogens is 310 g/mol. The van der Waals surface area contributed by atoms with Gasteiger partial charge in [0, 0.05) is 23.7 Å². The third-order valence-electron chi connectivity index (χ3n) is 4.82. The summed E-state index contributed by atoms with van der Waals surface area (Å²) in [5.74, 6) is 0.0865. The molecule has 2 aromatic heterocycles. The van der Waals surface area contributed by atoms with Crippen molar-refractivity contribution in [1.82, 2.24) is 14.9 Å². The Morgan fingerprint density at radius 2 is 2.30 bits per heavy atom. The van der Waals surface area contributed by atoms with Gasteiger partial charge in [-0.05, 0) is 25.8 Å². The van der Waals surface area contributed by atoms with Crippen molar-refractivity contribution in [3.8, 4) is 11.3 Å². The molecule has 1 aliphatic carbocycles. The Hall–Kier alpha value is -1.66. The van der Waals surface area contributed by atoms with E-state index in [1.807, 2.05) is 29.5 Å². The van der Waals surface area contributed by atoms with Gasteiger partial charge < -0.3 is 14.6 Å². The second kappa shape index (κ2) is 6.09. The van der Waals surface area contributed by atoms with E-state index in [9.17, 15) is 4.79 Å². The lowest BCUT2D eigenvalue weighted by atomic mass is 9.90. The van der Waals surface area contributed by atoms with Gasteiger partial charge in [-0.15, -0.1) is 11.3 Å². The Morgan fingerprint density at radius 3 is 3.13 bits per heavy atom. The van der Waals surface area contributed by atoms with Crippen LogP contribution in [-0.2, 0) is 4.74 Å². The summed E-state index contributed by atoms with van der Waals surface area (Å²) in [6.45, 7) is 3.32. The van der Waals surface area contributed by atoms with Crippen molar-refractivity contribution in [1.29, 1.82) is 0 Å². The molecule has 4 rings (SSSR count). The minimum atomic E-state index is 0.0865. The second-order valence-electron chi connectivity index (χ2n) is 6.31. The lowest BCUT2D eigenvalue weighted by Crippen LogP contribution is -2.54. The number of morpholine rings is 1. The number of nitrogens with one attached hydrogen (secondary N) is 1. The predicted octanol–water partition coefficient (Wildman–Crippen LogP) is 3.23. The van der Waals surface area contributed by atoms with Gasteiger partial charge in [-0.3, -0.25) is 4.79 Å². The van der Waals surface area contributed by atoms with Crippen molar-refractivity contribution < 1.29 is 9.53 Å². The van der Waals surface area contributed by atoms with E-state index >= 15 is 0 Å². The molecule has 0 unspecified atom stereocenters. The number of ether oxygens (including phenoxy) is 1. The highest BCUT2D eigenvalue weighted by molar-refractivity contribution is 7.09. The number of aromatic amines is 1. The van der Waals surface area contributed by atoms with Crippen LogP contribution in [-0.4, -0.2) is 46.1 Å². The van der Waals surface area contributed by atoms with Crippen molar-refractivity contribution in [2.75, 3.05) is 13.2 Å². The number of rotatable bonds is 2. The molecule has 23 heavy (non-hydrogen) atoms. The molecule has 122 valence electrons. The molecule has 0 radical (unpaired) electrons.